The van der Waals surface area contributed by atoms with Gasteiger partial charge in [0.05, 0.1) is 35.9 Å². The minimum atomic E-state index is -0.664. The van der Waals surface area contributed by atoms with Crippen molar-refractivity contribution in [1.82, 2.24) is 35.1 Å². The van der Waals surface area contributed by atoms with E-state index in [0.29, 0.717) is 12.5 Å². The molecule has 6 rings (SSSR count). The molecule has 11 nitrogen and oxygen atoms in total. The predicted molar refractivity (Wildman–Crippen MR) is 193 cm³/mol. The Morgan fingerprint density at radius 2 is 1.48 bits per heavy atom. The van der Waals surface area contributed by atoms with E-state index >= 15 is 0 Å². The van der Waals surface area contributed by atoms with E-state index in [4.69, 9.17) is 14.7 Å². The molecular weight excluding hydrogens is 630 g/mol. The summed E-state index contributed by atoms with van der Waals surface area (Å²) in [7, 11) is 1.30. The molecule has 2 aromatic carbocycles. The third-order valence-corrected chi connectivity index (χ3v) is 10.6. The number of ether oxygens (including phenoxy) is 1. The molecule has 4 aromatic rings. The number of carbonyl (C=O) groups is 3. The average molecular weight is 682 g/mol. The normalized spacial score (nSPS) is 19.0. The van der Waals surface area contributed by atoms with Crippen LogP contribution in [0.3, 0.4) is 0 Å². The van der Waals surface area contributed by atoms with Crippen molar-refractivity contribution in [1.29, 1.82) is 0 Å². The summed E-state index contributed by atoms with van der Waals surface area (Å²) in [6.45, 7) is 11.5. The number of alkyl carbamates (subject to hydrolysis) is 1. The number of nitrogens with one attached hydrogen (secondary N) is 3. The Morgan fingerprint density at radius 1 is 0.840 bits per heavy atom. The highest BCUT2D eigenvalue weighted by atomic mass is 16.5. The van der Waals surface area contributed by atoms with E-state index in [1.807, 2.05) is 36.8 Å². The molecule has 0 aliphatic carbocycles. The molecule has 0 unspecified atom stereocenters. The van der Waals surface area contributed by atoms with E-state index in [1.165, 1.54) is 18.2 Å². The minimum Gasteiger partial charge on any atom is -0.453 e. The summed E-state index contributed by atoms with van der Waals surface area (Å²) in [4.78, 5) is 59.1. The molecular formula is C39H51N7O4. The van der Waals surface area contributed by atoms with Crippen molar-refractivity contribution in [2.24, 2.45) is 17.8 Å². The number of likely N-dealkylation sites (tertiary alicyclic amines) is 2. The summed E-state index contributed by atoms with van der Waals surface area (Å²) in [5.41, 5.74) is 6.20. The SMILES string of the molecule is COC(=O)N[C@H](C(=O)N1CCC[C@H]1c1nc2cc(CCc3ccc(-c4c[nH]c([C@@H]5CCCN5C(=O)[C@@H](C)C(C)C)n4)cc3)ccc2[nH]1)C(C)C. The number of hydrogen-bond acceptors (Lipinski definition) is 6. The van der Waals surface area contributed by atoms with E-state index in [-0.39, 0.29) is 35.7 Å². The number of aromatic nitrogens is 4. The Labute approximate surface area is 294 Å². The van der Waals surface area contributed by atoms with Gasteiger partial charge >= 0.3 is 6.09 Å². The first-order chi connectivity index (χ1) is 24.0. The summed E-state index contributed by atoms with van der Waals surface area (Å²) < 4.78 is 4.76. The molecule has 2 aliphatic rings. The van der Waals surface area contributed by atoms with Crippen LogP contribution in [0.25, 0.3) is 22.3 Å². The summed E-state index contributed by atoms with van der Waals surface area (Å²) in [6, 6.07) is 14.1. The molecule has 0 saturated carbocycles. The molecule has 11 heteroatoms. The first-order valence-electron chi connectivity index (χ1n) is 18.1. The van der Waals surface area contributed by atoms with E-state index in [1.54, 1.807) is 0 Å². The van der Waals surface area contributed by atoms with Crippen molar-refractivity contribution in [3.63, 3.8) is 0 Å². The molecule has 2 saturated heterocycles. The molecule has 50 heavy (non-hydrogen) atoms. The lowest BCUT2D eigenvalue weighted by Gasteiger charge is -2.29. The highest BCUT2D eigenvalue weighted by Crippen LogP contribution is 2.35. The second kappa shape index (κ2) is 15.1. The second-order valence-electron chi connectivity index (χ2n) is 14.6. The van der Waals surface area contributed by atoms with E-state index in [9.17, 15) is 14.4 Å². The van der Waals surface area contributed by atoms with Crippen molar-refractivity contribution in [2.75, 3.05) is 20.2 Å². The maximum atomic E-state index is 13.5. The first kappa shape index (κ1) is 35.2. The van der Waals surface area contributed by atoms with Gasteiger partial charge in [0.2, 0.25) is 11.8 Å². The van der Waals surface area contributed by atoms with E-state index < -0.39 is 12.1 Å². The number of imidazole rings is 2. The molecule has 3 amide bonds. The molecule has 4 heterocycles. The number of rotatable bonds is 11. The smallest absolute Gasteiger partial charge is 0.407 e. The number of aryl methyl sites for hydroxylation is 2. The molecule has 0 radical (unpaired) electrons. The largest absolute Gasteiger partial charge is 0.453 e. The lowest BCUT2D eigenvalue weighted by atomic mass is 9.96. The van der Waals surface area contributed by atoms with Crippen LogP contribution in [0, 0.1) is 17.8 Å². The Morgan fingerprint density at radius 3 is 2.14 bits per heavy atom. The van der Waals surface area contributed by atoms with Gasteiger partial charge in [-0.3, -0.25) is 9.59 Å². The third kappa shape index (κ3) is 7.41. The van der Waals surface area contributed by atoms with Crippen LogP contribution in [0.2, 0.25) is 0 Å². The summed E-state index contributed by atoms with van der Waals surface area (Å²) in [5.74, 6) is 1.97. The minimum absolute atomic E-state index is 0.00162. The van der Waals surface area contributed by atoms with Crippen LogP contribution < -0.4 is 5.32 Å². The molecule has 0 bridgehead atoms. The molecule has 2 fully saturated rings. The molecule has 0 spiro atoms. The van der Waals surface area contributed by atoms with Gasteiger partial charge in [-0.25, -0.2) is 14.8 Å². The molecule has 4 atom stereocenters. The van der Waals surface area contributed by atoms with Gasteiger partial charge in [0, 0.05) is 30.8 Å². The van der Waals surface area contributed by atoms with Crippen LogP contribution in [-0.4, -0.2) is 73.9 Å². The van der Waals surface area contributed by atoms with Gasteiger partial charge in [0.1, 0.15) is 17.7 Å². The number of aromatic amines is 2. The maximum Gasteiger partial charge on any atom is 0.407 e. The number of carbonyl (C=O) groups excluding carboxylic acids is 3. The van der Waals surface area contributed by atoms with Crippen LogP contribution in [0.1, 0.15) is 95.2 Å². The van der Waals surface area contributed by atoms with Crippen molar-refractivity contribution in [2.45, 2.75) is 91.3 Å². The highest BCUT2D eigenvalue weighted by molar-refractivity contribution is 5.86. The zero-order chi connectivity index (χ0) is 35.5. The Kier molecular flexibility index (Phi) is 10.6. The molecule has 3 N–H and O–H groups in total. The van der Waals surface area contributed by atoms with Crippen molar-refractivity contribution < 1.29 is 19.1 Å². The Bertz CT molecular complexity index is 1810. The zero-order valence-electron chi connectivity index (χ0n) is 30.2. The molecule has 2 aromatic heterocycles. The van der Waals surface area contributed by atoms with Gasteiger partial charge in [-0.05, 0) is 73.6 Å². The van der Waals surface area contributed by atoms with Crippen molar-refractivity contribution >= 4 is 28.9 Å². The second-order valence-corrected chi connectivity index (χ2v) is 14.6. The zero-order valence-corrected chi connectivity index (χ0v) is 30.2. The van der Waals surface area contributed by atoms with Gasteiger partial charge in [0.25, 0.3) is 0 Å². The van der Waals surface area contributed by atoms with Gasteiger partial charge in [0.15, 0.2) is 0 Å². The number of hydrogen-bond donors (Lipinski definition) is 3. The number of amides is 3. The van der Waals surface area contributed by atoms with Crippen LogP contribution >= 0.6 is 0 Å². The number of benzene rings is 2. The number of fused-ring (bicyclic) bond motifs is 1. The Hall–Kier alpha value is -4.67. The average Bonchev–Trinajstić information content (AvgIpc) is 3.94. The van der Waals surface area contributed by atoms with Crippen molar-refractivity contribution in [3.8, 4) is 11.3 Å². The fraction of sp³-hybridized carbons (Fsp3) is 0.513. The number of H-pyrrole nitrogens is 2. The summed E-state index contributed by atoms with van der Waals surface area (Å²) in [5, 5.41) is 2.71. The molecule has 2 aliphatic heterocycles. The number of methoxy groups -OCH3 is 1. The van der Waals surface area contributed by atoms with Crippen molar-refractivity contribution in [3.05, 3.63) is 71.4 Å². The predicted octanol–water partition coefficient (Wildman–Crippen LogP) is 6.74. The van der Waals surface area contributed by atoms with Crippen LogP contribution in [0.5, 0.6) is 0 Å². The standard InChI is InChI=1S/C39H51N7O4/c1-23(2)25(5)37(47)45-19-7-9-32(45)35-40-22-31(43-35)28-16-13-26(14-17-28)11-12-27-15-18-29-30(21-27)42-36(41-29)33-10-8-20-46(33)38(48)34(24(3)4)44-39(49)50-6/h13-18,21-25,32-34H,7-12,19-20H2,1-6H3,(H,40,43)(H,41,42)(H,44,49)/t25-,32-,33-,34-/m0/s1. The fourth-order valence-electron chi connectivity index (χ4n) is 7.22. The lowest BCUT2D eigenvalue weighted by molar-refractivity contribution is -0.137. The van der Waals surface area contributed by atoms with Gasteiger partial charge in [-0.2, -0.15) is 0 Å². The number of nitrogens with zero attached hydrogens (tertiary/aromatic N) is 4. The molecule has 266 valence electrons. The maximum absolute atomic E-state index is 13.5. The van der Waals surface area contributed by atoms with E-state index in [2.05, 4.69) is 71.6 Å². The first-order valence-corrected chi connectivity index (χ1v) is 18.1. The topological polar surface area (TPSA) is 136 Å². The highest BCUT2D eigenvalue weighted by Gasteiger charge is 2.38. The summed E-state index contributed by atoms with van der Waals surface area (Å²) >= 11 is 0. The monoisotopic (exact) mass is 681 g/mol. The van der Waals surface area contributed by atoms with Gasteiger partial charge in [-0.15, -0.1) is 0 Å². The third-order valence-electron chi connectivity index (χ3n) is 10.6. The Balaban J connectivity index is 1.08. The summed E-state index contributed by atoms with van der Waals surface area (Å²) in [6.07, 6.45) is 6.72. The van der Waals surface area contributed by atoms with Crippen LogP contribution in [0.15, 0.2) is 48.7 Å². The van der Waals surface area contributed by atoms with E-state index in [0.717, 1.165) is 79.0 Å². The lowest BCUT2D eigenvalue weighted by Crippen LogP contribution is -2.51. The fourth-order valence-corrected chi connectivity index (χ4v) is 7.22. The van der Waals surface area contributed by atoms with Gasteiger partial charge < -0.3 is 29.8 Å². The quantitative estimate of drug-likeness (QED) is 0.161. The van der Waals surface area contributed by atoms with Gasteiger partial charge in [-0.1, -0.05) is 65.0 Å². The van der Waals surface area contributed by atoms with Crippen LogP contribution in [-0.2, 0) is 27.2 Å². The van der Waals surface area contributed by atoms with Crippen LogP contribution in [0.4, 0.5) is 4.79 Å².